The molecule has 0 aliphatic heterocycles. The van der Waals surface area contributed by atoms with Crippen molar-refractivity contribution in [3.05, 3.63) is 34.3 Å². The maximum Gasteiger partial charge on any atom is 0.338 e. The zero-order valence-electron chi connectivity index (χ0n) is 13.9. The van der Waals surface area contributed by atoms with Gasteiger partial charge in [0, 0.05) is 4.47 Å². The molecule has 0 bridgehead atoms. The van der Waals surface area contributed by atoms with E-state index in [1.165, 1.54) is 32.1 Å². The van der Waals surface area contributed by atoms with Gasteiger partial charge in [-0.15, -0.1) is 0 Å². The van der Waals surface area contributed by atoms with E-state index >= 15 is 0 Å². The van der Waals surface area contributed by atoms with Gasteiger partial charge in [-0.3, -0.25) is 0 Å². The van der Waals surface area contributed by atoms with E-state index in [-0.39, 0.29) is 12.1 Å². The molecular formula is C19H29BrO2. The third kappa shape index (κ3) is 7.98. The Kier molecular flexibility index (Phi) is 10.2. The van der Waals surface area contributed by atoms with Crippen molar-refractivity contribution in [2.24, 2.45) is 0 Å². The van der Waals surface area contributed by atoms with Crippen molar-refractivity contribution in [1.82, 2.24) is 0 Å². The molecule has 1 aromatic rings. The number of carbonyl (C=O) groups excluding carboxylic acids is 1. The first-order valence-corrected chi connectivity index (χ1v) is 9.43. The van der Waals surface area contributed by atoms with Gasteiger partial charge in [0.25, 0.3) is 0 Å². The molecule has 0 aliphatic rings. The molecule has 1 rings (SSSR count). The van der Waals surface area contributed by atoms with Gasteiger partial charge in [0.15, 0.2) is 0 Å². The number of rotatable bonds is 11. The van der Waals surface area contributed by atoms with Gasteiger partial charge in [-0.25, -0.2) is 4.79 Å². The summed E-state index contributed by atoms with van der Waals surface area (Å²) in [6.07, 6.45) is 10.7. The van der Waals surface area contributed by atoms with Crippen molar-refractivity contribution in [3.63, 3.8) is 0 Å². The minimum atomic E-state index is -0.203. The summed E-state index contributed by atoms with van der Waals surface area (Å²) in [5.41, 5.74) is 0.624. The molecule has 1 aromatic carbocycles. The number of hydrogen-bond donors (Lipinski definition) is 0. The molecule has 0 amide bonds. The van der Waals surface area contributed by atoms with Crippen LogP contribution in [0.1, 0.15) is 82.0 Å². The van der Waals surface area contributed by atoms with Crippen LogP contribution in [0.25, 0.3) is 0 Å². The molecular weight excluding hydrogens is 340 g/mol. The molecule has 0 fully saturated rings. The van der Waals surface area contributed by atoms with Gasteiger partial charge in [-0.2, -0.15) is 0 Å². The molecule has 0 saturated heterocycles. The number of esters is 1. The van der Waals surface area contributed by atoms with Gasteiger partial charge in [-0.05, 0) is 37.5 Å². The molecule has 0 aromatic heterocycles. The number of ether oxygens (including phenoxy) is 1. The van der Waals surface area contributed by atoms with Gasteiger partial charge in [0.05, 0.1) is 5.56 Å². The maximum atomic E-state index is 12.2. The van der Waals surface area contributed by atoms with E-state index in [0.29, 0.717) is 5.56 Å². The Labute approximate surface area is 143 Å². The van der Waals surface area contributed by atoms with E-state index in [2.05, 4.69) is 29.8 Å². The quantitative estimate of drug-likeness (QED) is 0.328. The van der Waals surface area contributed by atoms with Crippen LogP contribution in [0.2, 0.25) is 0 Å². The molecule has 0 saturated carbocycles. The average Bonchev–Trinajstić information content (AvgIpc) is 2.50. The fraction of sp³-hybridized carbons (Fsp3) is 0.632. The zero-order chi connectivity index (χ0) is 16.2. The second-order valence-corrected chi connectivity index (χ2v) is 6.80. The van der Waals surface area contributed by atoms with Gasteiger partial charge < -0.3 is 4.74 Å². The summed E-state index contributed by atoms with van der Waals surface area (Å²) in [7, 11) is 0. The summed E-state index contributed by atoms with van der Waals surface area (Å²) in [5, 5.41) is 0. The number of hydrogen-bond acceptors (Lipinski definition) is 2. The highest BCUT2D eigenvalue weighted by Crippen LogP contribution is 2.17. The van der Waals surface area contributed by atoms with Crippen LogP contribution in [0.15, 0.2) is 28.7 Å². The summed E-state index contributed by atoms with van der Waals surface area (Å²) in [6, 6.07) is 7.40. The zero-order valence-corrected chi connectivity index (χ0v) is 15.5. The third-order valence-electron chi connectivity index (χ3n) is 3.82. The molecule has 0 spiro atoms. The lowest BCUT2D eigenvalue weighted by Gasteiger charge is -2.17. The Bertz CT molecular complexity index is 431. The van der Waals surface area contributed by atoms with Crippen molar-refractivity contribution in [2.75, 3.05) is 0 Å². The fourth-order valence-electron chi connectivity index (χ4n) is 2.57. The van der Waals surface area contributed by atoms with Crippen LogP contribution in [-0.2, 0) is 4.74 Å². The molecule has 0 N–H and O–H groups in total. The Morgan fingerprint density at radius 1 is 1.05 bits per heavy atom. The van der Waals surface area contributed by atoms with Crippen molar-refractivity contribution in [3.8, 4) is 0 Å². The molecule has 1 unspecified atom stereocenters. The van der Waals surface area contributed by atoms with Crippen LogP contribution < -0.4 is 0 Å². The number of unbranched alkanes of at least 4 members (excludes halogenated alkanes) is 5. The normalized spacial score (nSPS) is 12.1. The van der Waals surface area contributed by atoms with E-state index < -0.39 is 0 Å². The number of carbonyl (C=O) groups is 1. The van der Waals surface area contributed by atoms with Crippen LogP contribution >= 0.6 is 15.9 Å². The highest BCUT2D eigenvalue weighted by Gasteiger charge is 2.15. The van der Waals surface area contributed by atoms with Crippen LogP contribution in [0.5, 0.6) is 0 Å². The smallest absolute Gasteiger partial charge is 0.338 e. The van der Waals surface area contributed by atoms with E-state index in [4.69, 9.17) is 4.74 Å². The van der Waals surface area contributed by atoms with Gasteiger partial charge >= 0.3 is 5.97 Å². The summed E-state index contributed by atoms with van der Waals surface area (Å²) < 4.78 is 6.61. The lowest BCUT2D eigenvalue weighted by molar-refractivity contribution is 0.0253. The first-order chi connectivity index (χ1) is 10.7. The van der Waals surface area contributed by atoms with Crippen LogP contribution in [0, 0.1) is 0 Å². The van der Waals surface area contributed by atoms with Gasteiger partial charge in [0.1, 0.15) is 6.10 Å². The van der Waals surface area contributed by atoms with E-state index in [0.717, 1.165) is 30.2 Å². The first-order valence-electron chi connectivity index (χ1n) is 8.64. The summed E-state index contributed by atoms with van der Waals surface area (Å²) in [6.45, 7) is 4.37. The third-order valence-corrected chi connectivity index (χ3v) is 4.32. The second kappa shape index (κ2) is 11.7. The largest absolute Gasteiger partial charge is 0.459 e. The second-order valence-electron chi connectivity index (χ2n) is 5.88. The Hall–Kier alpha value is -0.830. The Balaban J connectivity index is 2.38. The minimum absolute atomic E-state index is 0.0580. The minimum Gasteiger partial charge on any atom is -0.459 e. The fourth-order valence-corrected chi connectivity index (χ4v) is 2.97. The maximum absolute atomic E-state index is 12.2. The predicted octanol–water partition coefficient (Wildman–Crippen LogP) is 6.53. The SMILES string of the molecule is CCCCCCCCC(CCC)OC(=O)c1cccc(Br)c1. The molecule has 22 heavy (non-hydrogen) atoms. The molecule has 3 heteroatoms. The summed E-state index contributed by atoms with van der Waals surface area (Å²) in [5.74, 6) is -0.203. The van der Waals surface area contributed by atoms with Crippen LogP contribution in [-0.4, -0.2) is 12.1 Å². The first kappa shape index (κ1) is 19.2. The van der Waals surface area contributed by atoms with Crippen LogP contribution in [0.3, 0.4) is 0 Å². The molecule has 0 heterocycles. The van der Waals surface area contributed by atoms with E-state index in [9.17, 15) is 4.79 Å². The van der Waals surface area contributed by atoms with Crippen molar-refractivity contribution in [2.45, 2.75) is 77.7 Å². The number of benzene rings is 1. The van der Waals surface area contributed by atoms with E-state index in [1.54, 1.807) is 6.07 Å². The topological polar surface area (TPSA) is 26.3 Å². The molecule has 0 aliphatic carbocycles. The molecule has 2 nitrogen and oxygen atoms in total. The predicted molar refractivity (Wildman–Crippen MR) is 96.2 cm³/mol. The summed E-state index contributed by atoms with van der Waals surface area (Å²) in [4.78, 5) is 12.2. The Morgan fingerprint density at radius 2 is 1.77 bits per heavy atom. The highest BCUT2D eigenvalue weighted by atomic mass is 79.9. The highest BCUT2D eigenvalue weighted by molar-refractivity contribution is 9.10. The number of halogens is 1. The van der Waals surface area contributed by atoms with Crippen molar-refractivity contribution < 1.29 is 9.53 Å². The van der Waals surface area contributed by atoms with Crippen LogP contribution in [0.4, 0.5) is 0 Å². The van der Waals surface area contributed by atoms with Crippen molar-refractivity contribution in [1.29, 1.82) is 0 Å². The molecule has 124 valence electrons. The Morgan fingerprint density at radius 3 is 2.45 bits per heavy atom. The monoisotopic (exact) mass is 368 g/mol. The average molecular weight is 369 g/mol. The van der Waals surface area contributed by atoms with E-state index in [1.807, 2.05) is 18.2 Å². The molecule has 0 radical (unpaired) electrons. The van der Waals surface area contributed by atoms with Gasteiger partial charge in [0.2, 0.25) is 0 Å². The lowest BCUT2D eigenvalue weighted by Crippen LogP contribution is -2.18. The van der Waals surface area contributed by atoms with Crippen molar-refractivity contribution >= 4 is 21.9 Å². The van der Waals surface area contributed by atoms with Gasteiger partial charge in [-0.1, -0.05) is 74.4 Å². The molecule has 1 atom stereocenters. The lowest BCUT2D eigenvalue weighted by atomic mass is 10.0. The standard InChI is InChI=1S/C19H29BrO2/c1-3-5-6-7-8-9-14-18(11-4-2)22-19(21)16-12-10-13-17(20)15-16/h10,12-13,15,18H,3-9,11,14H2,1-2H3. The summed E-state index contributed by atoms with van der Waals surface area (Å²) >= 11 is 3.39.